The Hall–Kier alpha value is -4.32. The van der Waals surface area contributed by atoms with E-state index in [1.165, 1.54) is 24.9 Å². The smallest absolute Gasteiger partial charge is 0.496 e. The van der Waals surface area contributed by atoms with Crippen LogP contribution in [0, 0.1) is 5.92 Å². The van der Waals surface area contributed by atoms with E-state index in [2.05, 4.69) is 15.6 Å². The van der Waals surface area contributed by atoms with Crippen molar-refractivity contribution < 1.29 is 28.5 Å². The molecule has 240 valence electrons. The van der Waals surface area contributed by atoms with E-state index in [1.54, 1.807) is 44.5 Å². The van der Waals surface area contributed by atoms with Crippen LogP contribution in [0.15, 0.2) is 48.7 Å². The number of imide groups is 1. The number of piperidine rings is 1. The summed E-state index contributed by atoms with van der Waals surface area (Å²) in [5, 5.41) is 6.89. The third-order valence-electron chi connectivity index (χ3n) is 8.36. The Balaban J connectivity index is 1.35. The van der Waals surface area contributed by atoms with Gasteiger partial charge in [-0.2, -0.15) is 9.69 Å². The van der Waals surface area contributed by atoms with Crippen molar-refractivity contribution >= 4 is 58.9 Å². The topological polar surface area (TPSA) is 124 Å². The number of anilines is 1. The predicted octanol–water partition coefficient (Wildman–Crippen LogP) is 4.69. The number of carbonyl (C=O) groups excluding carboxylic acids is 4. The van der Waals surface area contributed by atoms with Gasteiger partial charge in [-0.15, -0.1) is 0 Å². The van der Waals surface area contributed by atoms with E-state index in [1.807, 2.05) is 23.1 Å². The molecule has 1 atom stereocenters. The Morgan fingerprint density at radius 2 is 1.78 bits per heavy atom. The Morgan fingerprint density at radius 1 is 1.07 bits per heavy atom. The average Bonchev–Trinajstić information content (AvgIpc) is 3.05. The van der Waals surface area contributed by atoms with Crippen molar-refractivity contribution in [1.29, 1.82) is 0 Å². The summed E-state index contributed by atoms with van der Waals surface area (Å²) in [6, 6.07) is 12.4. The summed E-state index contributed by atoms with van der Waals surface area (Å²) in [7, 11) is 4.42. The highest BCUT2D eigenvalue weighted by Crippen LogP contribution is 2.41. The van der Waals surface area contributed by atoms with E-state index in [-0.39, 0.29) is 16.6 Å². The van der Waals surface area contributed by atoms with E-state index >= 15 is 0 Å². The lowest BCUT2D eigenvalue weighted by molar-refractivity contribution is -0.400. The first kappa shape index (κ1) is 33.1. The number of hydrogen-bond acceptors (Lipinski definition) is 7. The van der Waals surface area contributed by atoms with Gasteiger partial charge < -0.3 is 20.3 Å². The molecular formula is C33H35Cl2N6O5+. The second-order valence-corrected chi connectivity index (χ2v) is 12.0. The molecule has 2 aromatic carbocycles. The van der Waals surface area contributed by atoms with E-state index < -0.39 is 23.8 Å². The van der Waals surface area contributed by atoms with Gasteiger partial charge in [0.15, 0.2) is 5.92 Å². The van der Waals surface area contributed by atoms with Crippen molar-refractivity contribution in [2.75, 3.05) is 39.6 Å². The van der Waals surface area contributed by atoms with Gasteiger partial charge in [-0.1, -0.05) is 47.5 Å². The highest BCUT2D eigenvalue weighted by Gasteiger charge is 2.43. The first-order valence-electron chi connectivity index (χ1n) is 14.8. The van der Waals surface area contributed by atoms with Crippen LogP contribution in [0.3, 0.4) is 0 Å². The SMILES string of the molecule is COc1cc(-c2nccc(-c3cccc(NC(=O)C4C=[N+](C)C(=O)N(C)C4=O)c3Cl)c2Cl)ccc1CNC1CCN(C(C)=O)CC1. The number of likely N-dealkylation sites (tertiary alicyclic amines) is 1. The van der Waals surface area contributed by atoms with Crippen LogP contribution in [0.5, 0.6) is 5.75 Å². The van der Waals surface area contributed by atoms with Crippen LogP contribution in [0.4, 0.5) is 10.5 Å². The number of nitrogens with one attached hydrogen (secondary N) is 2. The fourth-order valence-corrected chi connectivity index (χ4v) is 6.26. The number of benzene rings is 2. The second kappa shape index (κ2) is 14.0. The van der Waals surface area contributed by atoms with Crippen LogP contribution in [-0.4, -0.2) is 89.7 Å². The van der Waals surface area contributed by atoms with Crippen LogP contribution in [0.2, 0.25) is 10.0 Å². The zero-order valence-electron chi connectivity index (χ0n) is 26.0. The summed E-state index contributed by atoms with van der Waals surface area (Å²) in [5.41, 5.74) is 3.69. The molecule has 3 heterocycles. The minimum absolute atomic E-state index is 0.112. The number of pyridine rings is 1. The molecular weight excluding hydrogens is 631 g/mol. The monoisotopic (exact) mass is 665 g/mol. The second-order valence-electron chi connectivity index (χ2n) is 11.3. The predicted molar refractivity (Wildman–Crippen MR) is 176 cm³/mol. The molecule has 1 unspecified atom stereocenters. The van der Waals surface area contributed by atoms with Gasteiger partial charge in [0.1, 0.15) is 5.75 Å². The van der Waals surface area contributed by atoms with Gasteiger partial charge in [0.2, 0.25) is 11.8 Å². The van der Waals surface area contributed by atoms with E-state index in [0.29, 0.717) is 40.2 Å². The van der Waals surface area contributed by atoms with Crippen LogP contribution in [-0.2, 0) is 20.9 Å². The van der Waals surface area contributed by atoms with Crippen molar-refractivity contribution in [3.63, 3.8) is 0 Å². The van der Waals surface area contributed by atoms with Gasteiger partial charge in [0, 0.05) is 61.1 Å². The van der Waals surface area contributed by atoms with Crippen LogP contribution in [0.1, 0.15) is 25.3 Å². The summed E-state index contributed by atoms with van der Waals surface area (Å²) >= 11 is 13.7. The standard InChI is InChI=1S/C33H34Cl2N6O5/c1-19(42)41-14-11-22(12-15-41)37-17-21-9-8-20(16-27(21)46-4)30-29(35)24(10-13-36-30)23-6-5-7-26(28(23)34)38-31(43)25-18-39(2)33(45)40(3)32(25)44/h5-10,13,16,18,22,25,37H,11-12,14-15,17H2,1-4H3/p+1. The molecule has 1 aromatic heterocycles. The maximum Gasteiger partial charge on any atom is 0.499 e. The molecule has 1 saturated heterocycles. The van der Waals surface area contributed by atoms with Crippen LogP contribution >= 0.6 is 23.2 Å². The van der Waals surface area contributed by atoms with Gasteiger partial charge in [-0.25, -0.2) is 9.37 Å². The summed E-state index contributed by atoms with van der Waals surface area (Å²) in [6.45, 7) is 3.71. The van der Waals surface area contributed by atoms with Crippen molar-refractivity contribution in [1.82, 2.24) is 20.1 Å². The zero-order valence-corrected chi connectivity index (χ0v) is 27.5. The molecule has 0 aliphatic carbocycles. The highest BCUT2D eigenvalue weighted by atomic mass is 35.5. The van der Waals surface area contributed by atoms with Gasteiger partial charge in [-0.05, 0) is 31.0 Å². The molecule has 11 nitrogen and oxygen atoms in total. The van der Waals surface area contributed by atoms with Crippen LogP contribution < -0.4 is 15.4 Å². The highest BCUT2D eigenvalue weighted by molar-refractivity contribution is 6.39. The molecule has 2 aliphatic rings. The number of methoxy groups -OCH3 is 1. The van der Waals surface area contributed by atoms with Gasteiger partial charge in [-0.3, -0.25) is 14.6 Å². The van der Waals surface area contributed by atoms with Crippen molar-refractivity contribution in [3.05, 3.63) is 64.3 Å². The molecule has 0 spiro atoms. The third kappa shape index (κ3) is 6.76. The maximum atomic E-state index is 13.1. The molecule has 2 aliphatic heterocycles. The van der Waals surface area contributed by atoms with Crippen molar-refractivity contribution in [2.24, 2.45) is 5.92 Å². The van der Waals surface area contributed by atoms with E-state index in [4.69, 9.17) is 27.9 Å². The molecule has 0 radical (unpaired) electrons. The minimum Gasteiger partial charge on any atom is -0.496 e. The van der Waals surface area contributed by atoms with Gasteiger partial charge in [0.25, 0.3) is 0 Å². The minimum atomic E-state index is -1.20. The fraction of sp³-hybridized carbons (Fsp3) is 0.333. The molecule has 0 saturated carbocycles. The Bertz CT molecular complexity index is 1740. The Labute approximate surface area is 277 Å². The van der Waals surface area contributed by atoms with Crippen molar-refractivity contribution in [2.45, 2.75) is 32.4 Å². The molecule has 1 fully saturated rings. The lowest BCUT2D eigenvalue weighted by Gasteiger charge is -2.32. The number of carbonyl (C=O) groups is 4. The summed E-state index contributed by atoms with van der Waals surface area (Å²) in [5.74, 6) is -1.66. The fourth-order valence-electron chi connectivity index (χ4n) is 5.66. The van der Waals surface area contributed by atoms with Gasteiger partial charge in [0.05, 0.1) is 48.8 Å². The third-order valence-corrected chi connectivity index (χ3v) is 9.15. The number of ether oxygens (including phenoxy) is 1. The molecule has 5 rings (SSSR count). The quantitative estimate of drug-likeness (QED) is 0.264. The number of urea groups is 1. The summed E-state index contributed by atoms with van der Waals surface area (Å²) in [6.07, 6.45) is 4.70. The number of rotatable bonds is 8. The average molecular weight is 667 g/mol. The number of amides is 5. The van der Waals surface area contributed by atoms with E-state index in [0.717, 1.165) is 42.0 Å². The number of aromatic nitrogens is 1. The Kier molecular flexibility index (Phi) is 10.0. The maximum absolute atomic E-state index is 13.1. The molecule has 46 heavy (non-hydrogen) atoms. The molecule has 0 bridgehead atoms. The molecule has 5 amide bonds. The van der Waals surface area contributed by atoms with E-state index in [9.17, 15) is 19.2 Å². The first-order chi connectivity index (χ1) is 22.0. The number of halogens is 2. The number of nitrogens with zero attached hydrogens (tertiary/aromatic N) is 4. The van der Waals surface area contributed by atoms with Crippen molar-refractivity contribution in [3.8, 4) is 28.1 Å². The number of hydrogen-bond donors (Lipinski definition) is 2. The van der Waals surface area contributed by atoms with Crippen LogP contribution in [0.25, 0.3) is 22.4 Å². The lowest BCUT2D eigenvalue weighted by atomic mass is 10.0. The lowest BCUT2D eigenvalue weighted by Crippen LogP contribution is -2.51. The van der Waals surface area contributed by atoms with Gasteiger partial charge >= 0.3 is 11.9 Å². The molecule has 13 heteroatoms. The largest absolute Gasteiger partial charge is 0.499 e. The molecule has 3 aromatic rings. The summed E-state index contributed by atoms with van der Waals surface area (Å²) < 4.78 is 6.92. The first-order valence-corrected chi connectivity index (χ1v) is 15.6. The zero-order chi connectivity index (χ0) is 33.1. The molecule has 2 N–H and O–H groups in total. The Morgan fingerprint density at radius 3 is 2.48 bits per heavy atom. The summed E-state index contributed by atoms with van der Waals surface area (Å²) in [4.78, 5) is 56.7. The normalized spacial score (nSPS) is 17.2.